The average Bonchev–Trinajstić information content (AvgIpc) is 3.14. The van der Waals surface area contributed by atoms with Gasteiger partial charge in [-0.1, -0.05) is 17.7 Å². The Bertz CT molecular complexity index is 756. The molecule has 2 heterocycles. The van der Waals surface area contributed by atoms with E-state index in [0.29, 0.717) is 18.7 Å². The van der Waals surface area contributed by atoms with Crippen LogP contribution in [-0.4, -0.2) is 38.9 Å². The lowest BCUT2D eigenvalue weighted by Crippen LogP contribution is -2.39. The number of hydrogen-bond acceptors (Lipinski definition) is 3. The molecule has 5 nitrogen and oxygen atoms in total. The Kier molecular flexibility index (Phi) is 5.50. The Morgan fingerprint density at radius 2 is 1.85 bits per heavy atom. The van der Waals surface area contributed by atoms with Gasteiger partial charge in [0.05, 0.1) is 29.0 Å². The highest BCUT2D eigenvalue weighted by atomic mass is 35.5. The number of rotatable bonds is 4. The summed E-state index contributed by atoms with van der Waals surface area (Å²) in [5.41, 5.74) is -0.414. The number of piperidine rings is 1. The van der Waals surface area contributed by atoms with E-state index in [0.717, 1.165) is 18.9 Å². The van der Waals surface area contributed by atoms with Crippen LogP contribution in [0.2, 0.25) is 5.02 Å². The van der Waals surface area contributed by atoms with Crippen molar-refractivity contribution in [3.8, 4) is 0 Å². The van der Waals surface area contributed by atoms with Gasteiger partial charge in [0.1, 0.15) is 0 Å². The number of hydrogen-bond donors (Lipinski definition) is 0. The zero-order chi connectivity index (χ0) is 18.7. The monoisotopic (exact) mass is 386 g/mol. The first-order valence-electron chi connectivity index (χ1n) is 8.34. The normalized spacial score (nSPS) is 16.1. The Morgan fingerprint density at radius 1 is 1.19 bits per heavy atom. The van der Waals surface area contributed by atoms with E-state index in [2.05, 4.69) is 10.2 Å². The summed E-state index contributed by atoms with van der Waals surface area (Å²) in [6, 6.07) is 3.96. The van der Waals surface area contributed by atoms with Gasteiger partial charge in [0.25, 0.3) is 0 Å². The first kappa shape index (κ1) is 18.7. The number of carbonyl (C=O) groups excluding carboxylic acids is 1. The van der Waals surface area contributed by atoms with Crippen LogP contribution in [0.15, 0.2) is 30.6 Å². The van der Waals surface area contributed by atoms with Crippen LogP contribution >= 0.6 is 11.6 Å². The molecule has 0 atom stereocenters. The highest BCUT2D eigenvalue weighted by Gasteiger charge is 2.33. The molecule has 1 fully saturated rings. The number of carbonyl (C=O) groups is 1. The Morgan fingerprint density at radius 3 is 2.46 bits per heavy atom. The third-order valence-corrected chi connectivity index (χ3v) is 4.87. The highest BCUT2D eigenvalue weighted by Crippen LogP contribution is 2.35. The van der Waals surface area contributed by atoms with E-state index in [1.165, 1.54) is 12.1 Å². The fourth-order valence-corrected chi connectivity index (χ4v) is 3.34. The van der Waals surface area contributed by atoms with Crippen molar-refractivity contribution in [1.82, 2.24) is 19.9 Å². The second-order valence-corrected chi connectivity index (χ2v) is 6.68. The van der Waals surface area contributed by atoms with Crippen molar-refractivity contribution in [2.24, 2.45) is 0 Å². The van der Waals surface area contributed by atoms with Crippen LogP contribution in [0.4, 0.5) is 13.2 Å². The van der Waals surface area contributed by atoms with Gasteiger partial charge in [0, 0.05) is 19.5 Å². The smallest absolute Gasteiger partial charge is 0.343 e. The lowest BCUT2D eigenvalue weighted by atomic mass is 10.0. The standard InChI is InChI=1S/C17H18ClF3N4O/c18-15-3-1-12(11-14(15)17(19,20)21)2-4-16(26)24-9-5-13(6-10-24)25-22-7-8-23-25/h1,3,7-8,11,13H,2,4-6,9-10H2. The summed E-state index contributed by atoms with van der Waals surface area (Å²) < 4.78 is 38.7. The maximum absolute atomic E-state index is 12.9. The number of aromatic nitrogens is 3. The molecular weight excluding hydrogens is 369 g/mol. The van der Waals surface area contributed by atoms with Crippen LogP contribution in [-0.2, 0) is 17.4 Å². The zero-order valence-corrected chi connectivity index (χ0v) is 14.7. The molecule has 1 saturated heterocycles. The molecule has 1 aromatic heterocycles. The lowest BCUT2D eigenvalue weighted by molar-refractivity contribution is -0.137. The summed E-state index contributed by atoms with van der Waals surface area (Å²) in [6.07, 6.45) is 0.694. The van der Waals surface area contributed by atoms with Gasteiger partial charge in [-0.2, -0.15) is 28.2 Å². The molecular formula is C17H18ClF3N4O. The molecule has 1 amide bonds. The number of halogens is 4. The van der Waals surface area contributed by atoms with Gasteiger partial charge < -0.3 is 4.90 Å². The van der Waals surface area contributed by atoms with E-state index in [9.17, 15) is 18.0 Å². The summed E-state index contributed by atoms with van der Waals surface area (Å²) in [6.45, 7) is 1.19. The zero-order valence-electron chi connectivity index (χ0n) is 13.9. The molecule has 0 spiro atoms. The van der Waals surface area contributed by atoms with Crippen LogP contribution in [0.1, 0.15) is 36.4 Å². The van der Waals surface area contributed by atoms with Crippen molar-refractivity contribution in [3.05, 3.63) is 46.7 Å². The summed E-state index contributed by atoms with van der Waals surface area (Å²) in [5.74, 6) is -0.0552. The van der Waals surface area contributed by atoms with E-state index >= 15 is 0 Å². The number of likely N-dealkylation sites (tertiary alicyclic amines) is 1. The average molecular weight is 387 g/mol. The van der Waals surface area contributed by atoms with Crippen LogP contribution in [0.5, 0.6) is 0 Å². The summed E-state index contributed by atoms with van der Waals surface area (Å²) in [4.78, 5) is 15.8. The third kappa shape index (κ3) is 4.35. The van der Waals surface area contributed by atoms with Crippen LogP contribution in [0.3, 0.4) is 0 Å². The van der Waals surface area contributed by atoms with E-state index < -0.39 is 11.7 Å². The quantitative estimate of drug-likeness (QED) is 0.804. The van der Waals surface area contributed by atoms with Gasteiger partial charge in [0.15, 0.2) is 0 Å². The molecule has 1 aliphatic heterocycles. The number of nitrogens with zero attached hydrogens (tertiary/aromatic N) is 4. The number of alkyl halides is 3. The molecule has 26 heavy (non-hydrogen) atoms. The number of amides is 1. The third-order valence-electron chi connectivity index (χ3n) is 4.54. The Hall–Kier alpha value is -2.09. The summed E-state index contributed by atoms with van der Waals surface area (Å²) in [7, 11) is 0. The minimum absolute atomic E-state index is 0.0552. The SMILES string of the molecule is O=C(CCc1ccc(Cl)c(C(F)(F)F)c1)N1CCC(n2nccn2)CC1. The van der Waals surface area contributed by atoms with Gasteiger partial charge in [-0.05, 0) is 37.0 Å². The van der Waals surface area contributed by atoms with Gasteiger partial charge in [-0.3, -0.25) is 4.79 Å². The van der Waals surface area contributed by atoms with Gasteiger partial charge in [-0.25, -0.2) is 0 Å². The highest BCUT2D eigenvalue weighted by molar-refractivity contribution is 6.31. The van der Waals surface area contributed by atoms with Gasteiger partial charge >= 0.3 is 6.18 Å². The van der Waals surface area contributed by atoms with Gasteiger partial charge in [-0.15, -0.1) is 0 Å². The molecule has 0 bridgehead atoms. The molecule has 0 saturated carbocycles. The second kappa shape index (κ2) is 7.65. The maximum Gasteiger partial charge on any atom is 0.417 e. The first-order chi connectivity index (χ1) is 12.3. The van der Waals surface area contributed by atoms with E-state index in [1.807, 2.05) is 0 Å². The summed E-state index contributed by atoms with van der Waals surface area (Å²) in [5, 5.41) is 7.91. The maximum atomic E-state index is 12.9. The Balaban J connectivity index is 1.53. The number of aryl methyl sites for hydroxylation is 1. The molecule has 0 radical (unpaired) electrons. The molecule has 1 aliphatic rings. The fourth-order valence-electron chi connectivity index (χ4n) is 3.12. The predicted molar refractivity (Wildman–Crippen MR) is 89.6 cm³/mol. The fraction of sp³-hybridized carbons (Fsp3) is 0.471. The molecule has 0 N–H and O–H groups in total. The number of benzene rings is 1. The molecule has 0 unspecified atom stereocenters. The van der Waals surface area contributed by atoms with Crippen molar-refractivity contribution in [2.75, 3.05) is 13.1 Å². The topological polar surface area (TPSA) is 51.0 Å². The van der Waals surface area contributed by atoms with Crippen molar-refractivity contribution < 1.29 is 18.0 Å². The second-order valence-electron chi connectivity index (χ2n) is 6.27. The van der Waals surface area contributed by atoms with E-state index in [-0.39, 0.29) is 29.8 Å². The first-order valence-corrected chi connectivity index (χ1v) is 8.71. The largest absolute Gasteiger partial charge is 0.417 e. The van der Waals surface area contributed by atoms with Crippen molar-refractivity contribution in [3.63, 3.8) is 0 Å². The Labute approximate surface area is 153 Å². The lowest BCUT2D eigenvalue weighted by Gasteiger charge is -2.31. The summed E-state index contributed by atoms with van der Waals surface area (Å²) >= 11 is 5.61. The molecule has 2 aromatic rings. The van der Waals surface area contributed by atoms with E-state index in [1.54, 1.807) is 22.1 Å². The molecule has 3 rings (SSSR count). The predicted octanol–water partition coefficient (Wildman–Crippen LogP) is 3.75. The van der Waals surface area contributed by atoms with Crippen molar-refractivity contribution in [2.45, 2.75) is 37.9 Å². The van der Waals surface area contributed by atoms with E-state index in [4.69, 9.17) is 11.6 Å². The van der Waals surface area contributed by atoms with Gasteiger partial charge in [0.2, 0.25) is 5.91 Å². The van der Waals surface area contributed by atoms with Crippen molar-refractivity contribution in [1.29, 1.82) is 0 Å². The minimum atomic E-state index is -4.50. The molecule has 9 heteroatoms. The molecule has 1 aromatic carbocycles. The van der Waals surface area contributed by atoms with Crippen LogP contribution < -0.4 is 0 Å². The van der Waals surface area contributed by atoms with Crippen LogP contribution in [0.25, 0.3) is 0 Å². The van der Waals surface area contributed by atoms with Crippen molar-refractivity contribution >= 4 is 17.5 Å². The molecule has 140 valence electrons. The molecule has 0 aliphatic carbocycles. The minimum Gasteiger partial charge on any atom is -0.343 e. The van der Waals surface area contributed by atoms with Crippen LogP contribution in [0, 0.1) is 0 Å².